The topological polar surface area (TPSA) is 44.8 Å². The van der Waals surface area contributed by atoms with E-state index < -0.39 is 5.79 Å². The van der Waals surface area contributed by atoms with Crippen LogP contribution in [0.25, 0.3) is 0 Å². The van der Waals surface area contributed by atoms with Crippen molar-refractivity contribution in [3.8, 4) is 0 Å². The zero-order chi connectivity index (χ0) is 16.4. The number of hydrogen-bond acceptors (Lipinski definition) is 4. The number of allylic oxidation sites excluding steroid dienone is 2. The molecule has 22 heavy (non-hydrogen) atoms. The Labute approximate surface area is 133 Å². The molecule has 1 saturated carbocycles. The summed E-state index contributed by atoms with van der Waals surface area (Å²) in [5, 5.41) is 0. The maximum atomic E-state index is 11.1. The Morgan fingerprint density at radius 3 is 2.59 bits per heavy atom. The van der Waals surface area contributed by atoms with Crippen molar-refractivity contribution in [3.63, 3.8) is 0 Å². The maximum absolute atomic E-state index is 11.1. The predicted octanol–water partition coefficient (Wildman–Crippen LogP) is 3.48. The van der Waals surface area contributed by atoms with Crippen LogP contribution in [0.5, 0.6) is 0 Å². The molecular weight excluding hydrogens is 280 g/mol. The van der Waals surface area contributed by atoms with Crippen LogP contribution in [0.1, 0.15) is 40.5 Å². The standard InChI is InChI=1S/C18H28O4/c1-13-6-7-15(12-20-14(2)19)17(3,4)16(13)8-9-18(5)21-10-11-22-18/h8-9,15-16H,1,6-7,10-12H2,2-5H3/b9-8+/t15-,16+/m1/s1. The summed E-state index contributed by atoms with van der Waals surface area (Å²) < 4.78 is 16.5. The fourth-order valence-electron chi connectivity index (χ4n) is 3.46. The molecule has 2 aliphatic rings. The largest absolute Gasteiger partial charge is 0.466 e. The lowest BCUT2D eigenvalue weighted by Crippen LogP contribution is -2.39. The number of esters is 1. The molecule has 124 valence electrons. The van der Waals surface area contributed by atoms with E-state index in [1.807, 2.05) is 13.0 Å². The molecule has 0 radical (unpaired) electrons. The molecular formula is C18H28O4. The summed E-state index contributed by atoms with van der Waals surface area (Å²) in [6.07, 6.45) is 6.13. The first-order valence-corrected chi connectivity index (χ1v) is 8.03. The Balaban J connectivity index is 2.11. The SMILES string of the molecule is C=C1CC[C@H](COC(C)=O)C(C)(C)[C@H]1/C=C/C1(C)OCCO1. The second-order valence-electron chi connectivity index (χ2n) is 7.07. The van der Waals surface area contributed by atoms with Gasteiger partial charge in [0.05, 0.1) is 19.8 Å². The molecule has 0 unspecified atom stereocenters. The molecule has 4 nitrogen and oxygen atoms in total. The van der Waals surface area contributed by atoms with Gasteiger partial charge in [0.15, 0.2) is 5.79 Å². The fraction of sp³-hybridized carbons (Fsp3) is 0.722. The van der Waals surface area contributed by atoms with E-state index in [0.29, 0.717) is 25.7 Å². The van der Waals surface area contributed by atoms with Crippen molar-refractivity contribution in [3.05, 3.63) is 24.3 Å². The van der Waals surface area contributed by atoms with Gasteiger partial charge in [0.2, 0.25) is 0 Å². The number of carbonyl (C=O) groups is 1. The molecule has 1 saturated heterocycles. The van der Waals surface area contributed by atoms with Crippen molar-refractivity contribution in [1.29, 1.82) is 0 Å². The summed E-state index contributed by atoms with van der Waals surface area (Å²) in [6, 6.07) is 0. The van der Waals surface area contributed by atoms with Crippen LogP contribution in [-0.2, 0) is 19.0 Å². The van der Waals surface area contributed by atoms with Crippen LogP contribution in [0.3, 0.4) is 0 Å². The van der Waals surface area contributed by atoms with Crippen molar-refractivity contribution in [1.82, 2.24) is 0 Å². The third-order valence-electron chi connectivity index (χ3n) is 5.05. The van der Waals surface area contributed by atoms with Gasteiger partial charge in [-0.2, -0.15) is 0 Å². The monoisotopic (exact) mass is 308 g/mol. The van der Waals surface area contributed by atoms with Crippen LogP contribution in [0, 0.1) is 17.3 Å². The molecule has 2 rings (SSSR count). The summed E-state index contributed by atoms with van der Waals surface area (Å²) in [7, 11) is 0. The number of rotatable bonds is 4. The minimum absolute atomic E-state index is 0.0176. The van der Waals surface area contributed by atoms with Crippen molar-refractivity contribution >= 4 is 5.97 Å². The Morgan fingerprint density at radius 2 is 2.00 bits per heavy atom. The minimum Gasteiger partial charge on any atom is -0.466 e. The van der Waals surface area contributed by atoms with Crippen LogP contribution in [0.4, 0.5) is 0 Å². The highest BCUT2D eigenvalue weighted by Crippen LogP contribution is 2.48. The second-order valence-corrected chi connectivity index (χ2v) is 7.07. The van der Waals surface area contributed by atoms with Crippen LogP contribution in [-0.4, -0.2) is 31.6 Å². The average molecular weight is 308 g/mol. The summed E-state index contributed by atoms with van der Waals surface area (Å²) in [6.45, 7) is 13.8. The van der Waals surface area contributed by atoms with E-state index in [1.165, 1.54) is 12.5 Å². The molecule has 0 aromatic carbocycles. The molecule has 4 heteroatoms. The van der Waals surface area contributed by atoms with Crippen molar-refractivity contribution in [2.45, 2.75) is 46.3 Å². The van der Waals surface area contributed by atoms with E-state index >= 15 is 0 Å². The van der Waals surface area contributed by atoms with Gasteiger partial charge in [-0.05, 0) is 37.2 Å². The Kier molecular flexibility index (Phi) is 5.13. The lowest BCUT2D eigenvalue weighted by molar-refractivity contribution is -0.144. The molecule has 0 bridgehead atoms. The molecule has 0 aromatic heterocycles. The summed E-state index contributed by atoms with van der Waals surface area (Å²) >= 11 is 0. The first-order chi connectivity index (χ1) is 10.2. The van der Waals surface area contributed by atoms with E-state index in [2.05, 4.69) is 26.5 Å². The highest BCUT2D eigenvalue weighted by atomic mass is 16.7. The third-order valence-corrected chi connectivity index (χ3v) is 5.05. The van der Waals surface area contributed by atoms with Crippen molar-refractivity contribution in [2.75, 3.05) is 19.8 Å². The Morgan fingerprint density at radius 1 is 1.36 bits per heavy atom. The van der Waals surface area contributed by atoms with Crippen LogP contribution < -0.4 is 0 Å². The zero-order valence-corrected chi connectivity index (χ0v) is 14.2. The van der Waals surface area contributed by atoms with E-state index in [0.717, 1.165) is 12.8 Å². The highest BCUT2D eigenvalue weighted by Gasteiger charge is 2.42. The highest BCUT2D eigenvalue weighted by molar-refractivity contribution is 5.65. The first kappa shape index (κ1) is 17.2. The summed E-state index contributed by atoms with van der Waals surface area (Å²) in [4.78, 5) is 11.1. The Bertz CT molecular complexity index is 458. The quantitative estimate of drug-likeness (QED) is 0.589. The Hall–Kier alpha value is -1.13. The molecule has 1 aliphatic carbocycles. The average Bonchev–Trinajstić information content (AvgIpc) is 2.84. The fourth-order valence-corrected chi connectivity index (χ4v) is 3.46. The number of carbonyl (C=O) groups excluding carboxylic acids is 1. The van der Waals surface area contributed by atoms with Gasteiger partial charge in [-0.3, -0.25) is 4.79 Å². The molecule has 0 aromatic rings. The zero-order valence-electron chi connectivity index (χ0n) is 14.2. The number of ether oxygens (including phenoxy) is 3. The molecule has 1 aliphatic heterocycles. The van der Waals surface area contributed by atoms with E-state index in [9.17, 15) is 4.79 Å². The van der Waals surface area contributed by atoms with Gasteiger partial charge in [0.25, 0.3) is 0 Å². The van der Waals surface area contributed by atoms with E-state index in [4.69, 9.17) is 14.2 Å². The van der Waals surface area contributed by atoms with Gasteiger partial charge < -0.3 is 14.2 Å². The minimum atomic E-state index is -0.626. The molecule has 2 atom stereocenters. The van der Waals surface area contributed by atoms with E-state index in [1.54, 1.807) is 0 Å². The molecule has 0 amide bonds. The van der Waals surface area contributed by atoms with Gasteiger partial charge >= 0.3 is 5.97 Å². The summed E-state index contributed by atoms with van der Waals surface area (Å²) in [5.41, 5.74) is 1.21. The second kappa shape index (κ2) is 6.55. The van der Waals surface area contributed by atoms with Gasteiger partial charge in [-0.15, -0.1) is 0 Å². The third kappa shape index (κ3) is 3.79. The van der Waals surface area contributed by atoms with Crippen molar-refractivity contribution < 1.29 is 19.0 Å². The smallest absolute Gasteiger partial charge is 0.302 e. The van der Waals surface area contributed by atoms with Crippen LogP contribution >= 0.6 is 0 Å². The summed E-state index contributed by atoms with van der Waals surface area (Å²) in [5.74, 6) is -0.284. The molecule has 2 fully saturated rings. The van der Waals surface area contributed by atoms with Crippen LogP contribution in [0.15, 0.2) is 24.3 Å². The molecule has 0 spiro atoms. The molecule has 1 heterocycles. The molecule has 0 N–H and O–H groups in total. The van der Waals surface area contributed by atoms with Crippen molar-refractivity contribution in [2.24, 2.45) is 17.3 Å². The van der Waals surface area contributed by atoms with Gasteiger partial charge in [0, 0.05) is 12.8 Å². The normalized spacial score (nSPS) is 30.6. The lowest BCUT2D eigenvalue weighted by atomic mass is 9.60. The first-order valence-electron chi connectivity index (χ1n) is 8.03. The van der Waals surface area contributed by atoms with E-state index in [-0.39, 0.29) is 17.3 Å². The van der Waals surface area contributed by atoms with Crippen LogP contribution in [0.2, 0.25) is 0 Å². The maximum Gasteiger partial charge on any atom is 0.302 e. The van der Waals surface area contributed by atoms with Gasteiger partial charge in [-0.1, -0.05) is 32.1 Å². The predicted molar refractivity (Wildman–Crippen MR) is 85.2 cm³/mol. The van der Waals surface area contributed by atoms with Gasteiger partial charge in [-0.25, -0.2) is 0 Å². The lowest BCUT2D eigenvalue weighted by Gasteiger charge is -2.45. The van der Waals surface area contributed by atoms with Gasteiger partial charge in [0.1, 0.15) is 0 Å². The number of hydrogen-bond donors (Lipinski definition) is 0.